The van der Waals surface area contributed by atoms with Crippen LogP contribution in [0.4, 0.5) is 0 Å². The van der Waals surface area contributed by atoms with Gasteiger partial charge >= 0.3 is 0 Å². The molecular weight excluding hydrogens is 338 g/mol. The number of benzene rings is 1. The highest BCUT2D eigenvalue weighted by molar-refractivity contribution is 5.94. The molecule has 0 unspecified atom stereocenters. The van der Waals surface area contributed by atoms with Gasteiger partial charge in [0.05, 0.1) is 5.92 Å². The fraction of sp³-hybridized carbons (Fsp3) is 0.455. The van der Waals surface area contributed by atoms with Crippen LogP contribution < -0.4 is 0 Å². The maximum Gasteiger partial charge on any atom is 0.270 e. The standard InChI is InChI=1S/C22H27N3O2/c1-3-13-25-18-10-9-17(21(25)26)14-24(15-18)22(27)20-12-11-19(23(20)2)16-7-5-4-6-8-16/h4-8,11-12,17-18H,3,9-10,13-15H2,1-2H3/t17-,18+/m0/s1. The number of nitrogens with zero attached hydrogens (tertiary/aromatic N) is 3. The maximum absolute atomic E-state index is 13.3. The molecule has 2 bridgehead atoms. The topological polar surface area (TPSA) is 45.6 Å². The molecule has 4 heterocycles. The van der Waals surface area contributed by atoms with E-state index < -0.39 is 0 Å². The van der Waals surface area contributed by atoms with Crippen LogP contribution in [-0.4, -0.2) is 51.9 Å². The first-order valence-corrected chi connectivity index (χ1v) is 9.91. The lowest BCUT2D eigenvalue weighted by Gasteiger charge is -2.35. The molecule has 3 aliphatic rings. The van der Waals surface area contributed by atoms with Gasteiger partial charge in [0, 0.05) is 38.4 Å². The quantitative estimate of drug-likeness (QED) is 0.835. The molecule has 2 amide bonds. The molecule has 1 aromatic heterocycles. The fourth-order valence-corrected chi connectivity index (χ4v) is 4.53. The zero-order valence-corrected chi connectivity index (χ0v) is 16.1. The van der Waals surface area contributed by atoms with Crippen LogP contribution in [-0.2, 0) is 11.8 Å². The third-order valence-electron chi connectivity index (χ3n) is 5.96. The van der Waals surface area contributed by atoms with Crippen molar-refractivity contribution in [3.05, 3.63) is 48.2 Å². The highest BCUT2D eigenvalue weighted by Gasteiger charge is 2.41. The molecule has 2 atom stereocenters. The Hall–Kier alpha value is -2.56. The third kappa shape index (κ3) is 3.15. The number of hydrogen-bond donors (Lipinski definition) is 0. The summed E-state index contributed by atoms with van der Waals surface area (Å²) in [7, 11) is 1.94. The number of carbonyl (C=O) groups excluding carboxylic acids is 2. The van der Waals surface area contributed by atoms with E-state index in [4.69, 9.17) is 0 Å². The Morgan fingerprint density at radius 1 is 1.07 bits per heavy atom. The van der Waals surface area contributed by atoms with Crippen molar-refractivity contribution in [2.24, 2.45) is 13.0 Å². The molecule has 142 valence electrons. The minimum Gasteiger partial charge on any atom is -0.340 e. The summed E-state index contributed by atoms with van der Waals surface area (Å²) in [5.74, 6) is 0.219. The van der Waals surface area contributed by atoms with Gasteiger partial charge in [-0.1, -0.05) is 37.3 Å². The lowest BCUT2D eigenvalue weighted by Crippen LogP contribution is -2.48. The summed E-state index contributed by atoms with van der Waals surface area (Å²) >= 11 is 0. The molecule has 5 rings (SSSR count). The van der Waals surface area contributed by atoms with E-state index in [1.54, 1.807) is 0 Å². The van der Waals surface area contributed by atoms with E-state index in [1.807, 2.05) is 51.7 Å². The Labute approximate surface area is 160 Å². The zero-order valence-electron chi connectivity index (χ0n) is 16.1. The largest absolute Gasteiger partial charge is 0.340 e. The maximum atomic E-state index is 13.3. The van der Waals surface area contributed by atoms with Crippen molar-refractivity contribution in [2.45, 2.75) is 32.2 Å². The van der Waals surface area contributed by atoms with E-state index in [0.29, 0.717) is 18.8 Å². The number of amides is 2. The van der Waals surface area contributed by atoms with E-state index in [1.165, 1.54) is 0 Å². The first kappa shape index (κ1) is 17.8. The second-order valence-electron chi connectivity index (χ2n) is 7.70. The Balaban J connectivity index is 1.59. The third-order valence-corrected chi connectivity index (χ3v) is 5.96. The van der Waals surface area contributed by atoms with Gasteiger partial charge < -0.3 is 14.4 Å². The molecule has 0 N–H and O–H groups in total. The minimum atomic E-state index is -0.0480. The van der Waals surface area contributed by atoms with Crippen molar-refractivity contribution >= 4 is 11.8 Å². The van der Waals surface area contributed by atoms with Crippen LogP contribution in [0.25, 0.3) is 11.3 Å². The van der Waals surface area contributed by atoms with Crippen LogP contribution in [0.5, 0.6) is 0 Å². The highest BCUT2D eigenvalue weighted by Crippen LogP contribution is 2.30. The molecular formula is C22H27N3O2. The average molecular weight is 365 g/mol. The lowest BCUT2D eigenvalue weighted by atomic mass is 9.94. The van der Waals surface area contributed by atoms with Crippen LogP contribution in [0, 0.1) is 5.92 Å². The monoisotopic (exact) mass is 365 g/mol. The van der Waals surface area contributed by atoms with Gasteiger partial charge in [0.1, 0.15) is 5.69 Å². The average Bonchev–Trinajstić information content (AvgIpc) is 2.87. The number of carbonyl (C=O) groups is 2. The summed E-state index contributed by atoms with van der Waals surface area (Å²) in [5.41, 5.74) is 2.81. The summed E-state index contributed by atoms with van der Waals surface area (Å²) in [4.78, 5) is 29.9. The van der Waals surface area contributed by atoms with Gasteiger partial charge in [-0.25, -0.2) is 0 Å². The minimum absolute atomic E-state index is 0.0303. The van der Waals surface area contributed by atoms with Gasteiger partial charge in [-0.2, -0.15) is 0 Å². The van der Waals surface area contributed by atoms with E-state index in [2.05, 4.69) is 19.1 Å². The van der Waals surface area contributed by atoms with Crippen LogP contribution in [0.2, 0.25) is 0 Å². The smallest absolute Gasteiger partial charge is 0.270 e. The van der Waals surface area contributed by atoms with Gasteiger partial charge in [-0.15, -0.1) is 0 Å². The molecule has 5 nitrogen and oxygen atoms in total. The Kier molecular flexibility index (Phi) is 4.77. The van der Waals surface area contributed by atoms with Crippen molar-refractivity contribution < 1.29 is 9.59 Å². The van der Waals surface area contributed by atoms with Gasteiger partial charge in [0.25, 0.3) is 5.91 Å². The molecule has 5 heteroatoms. The second kappa shape index (κ2) is 7.22. The molecule has 3 aliphatic heterocycles. The highest BCUT2D eigenvalue weighted by atomic mass is 16.2. The zero-order chi connectivity index (χ0) is 19.0. The van der Waals surface area contributed by atoms with Gasteiger partial charge in [0.2, 0.25) is 5.91 Å². The number of piperidine rings is 1. The molecule has 27 heavy (non-hydrogen) atoms. The van der Waals surface area contributed by atoms with Crippen molar-refractivity contribution in [1.29, 1.82) is 0 Å². The first-order chi connectivity index (χ1) is 13.1. The Morgan fingerprint density at radius 2 is 1.85 bits per heavy atom. The SMILES string of the molecule is CCCN1C(=O)[C@H]2CC[C@@H]1CN(C(=O)c1ccc(-c3ccccc3)n1C)C2. The Morgan fingerprint density at radius 3 is 2.59 bits per heavy atom. The number of rotatable bonds is 4. The summed E-state index contributed by atoms with van der Waals surface area (Å²) < 4.78 is 1.97. The number of hydrogen-bond acceptors (Lipinski definition) is 2. The van der Waals surface area contributed by atoms with Gasteiger partial charge in [-0.05, 0) is 37.0 Å². The van der Waals surface area contributed by atoms with Gasteiger partial charge in [0.15, 0.2) is 0 Å². The molecule has 0 saturated carbocycles. The molecule has 0 radical (unpaired) electrons. The predicted molar refractivity (Wildman–Crippen MR) is 105 cm³/mol. The van der Waals surface area contributed by atoms with Crippen molar-refractivity contribution in [1.82, 2.24) is 14.4 Å². The summed E-state index contributed by atoms with van der Waals surface area (Å²) in [6, 6.07) is 14.2. The second-order valence-corrected chi connectivity index (χ2v) is 7.70. The van der Waals surface area contributed by atoms with Crippen LogP contribution in [0.3, 0.4) is 0 Å². The summed E-state index contributed by atoms with van der Waals surface area (Å²) in [6.45, 7) is 4.08. The van der Waals surface area contributed by atoms with E-state index in [0.717, 1.165) is 37.1 Å². The first-order valence-electron chi connectivity index (χ1n) is 9.91. The lowest BCUT2D eigenvalue weighted by molar-refractivity contribution is -0.139. The fourth-order valence-electron chi connectivity index (χ4n) is 4.53. The molecule has 0 aliphatic carbocycles. The van der Waals surface area contributed by atoms with Crippen molar-refractivity contribution in [3.8, 4) is 11.3 Å². The molecule has 3 saturated heterocycles. The van der Waals surface area contributed by atoms with E-state index >= 15 is 0 Å². The van der Waals surface area contributed by atoms with Crippen molar-refractivity contribution in [3.63, 3.8) is 0 Å². The van der Waals surface area contributed by atoms with Crippen LogP contribution in [0.1, 0.15) is 36.7 Å². The number of fused-ring (bicyclic) bond motifs is 4. The molecule has 1 aromatic carbocycles. The Bertz CT molecular complexity index is 842. The number of aromatic nitrogens is 1. The summed E-state index contributed by atoms with van der Waals surface area (Å²) in [6.07, 6.45) is 2.86. The van der Waals surface area contributed by atoms with Crippen LogP contribution >= 0.6 is 0 Å². The predicted octanol–water partition coefficient (Wildman–Crippen LogP) is 3.17. The molecule has 0 spiro atoms. The normalized spacial score (nSPS) is 22.2. The molecule has 3 fully saturated rings. The van der Waals surface area contributed by atoms with Gasteiger partial charge in [-0.3, -0.25) is 9.59 Å². The van der Waals surface area contributed by atoms with E-state index in [-0.39, 0.29) is 23.8 Å². The summed E-state index contributed by atoms with van der Waals surface area (Å²) in [5, 5.41) is 0. The van der Waals surface area contributed by atoms with E-state index in [9.17, 15) is 9.59 Å². The van der Waals surface area contributed by atoms with Crippen molar-refractivity contribution in [2.75, 3.05) is 19.6 Å². The van der Waals surface area contributed by atoms with Crippen LogP contribution in [0.15, 0.2) is 42.5 Å². The molecule has 2 aromatic rings.